The zero-order valence-corrected chi connectivity index (χ0v) is 21.5. The molecule has 1 N–H and O–H groups in total. The van der Waals surface area contributed by atoms with Gasteiger partial charge in [-0.05, 0) is 42.0 Å². The van der Waals surface area contributed by atoms with Gasteiger partial charge < -0.3 is 33.5 Å². The number of carbonyl (C=O) groups is 3. The van der Waals surface area contributed by atoms with Crippen molar-refractivity contribution in [2.24, 2.45) is 0 Å². The first kappa shape index (κ1) is 28.0. The van der Waals surface area contributed by atoms with E-state index in [1.165, 1.54) is 41.6 Å². The van der Waals surface area contributed by atoms with Gasteiger partial charge in [0.05, 0.1) is 59.6 Å². The zero-order chi connectivity index (χ0) is 27.8. The Morgan fingerprint density at radius 3 is 2.03 bits per heavy atom. The summed E-state index contributed by atoms with van der Waals surface area (Å²) in [5.41, 5.74) is 0.594. The maximum Gasteiger partial charge on any atom is 0.338 e. The number of benzene rings is 3. The van der Waals surface area contributed by atoms with Gasteiger partial charge in [-0.2, -0.15) is 0 Å². The van der Waals surface area contributed by atoms with Gasteiger partial charge in [0.2, 0.25) is 0 Å². The molecule has 0 aliphatic heterocycles. The first-order valence-electron chi connectivity index (χ1n) is 11.3. The van der Waals surface area contributed by atoms with E-state index in [0.29, 0.717) is 27.8 Å². The van der Waals surface area contributed by atoms with Crippen LogP contribution in [0.3, 0.4) is 0 Å². The van der Waals surface area contributed by atoms with Gasteiger partial charge in [0.15, 0.2) is 0 Å². The highest BCUT2D eigenvalue weighted by Crippen LogP contribution is 2.43. The third-order valence-corrected chi connectivity index (χ3v) is 5.88. The van der Waals surface area contributed by atoms with E-state index >= 15 is 0 Å². The number of hydrogen-bond donors (Lipinski definition) is 1. The second-order valence-electron chi connectivity index (χ2n) is 7.91. The average Bonchev–Trinajstić information content (AvgIpc) is 2.96. The van der Waals surface area contributed by atoms with E-state index in [9.17, 15) is 19.5 Å². The molecule has 0 fully saturated rings. The third kappa shape index (κ3) is 5.87. The molecule has 10 heteroatoms. The van der Waals surface area contributed by atoms with Crippen molar-refractivity contribution >= 4 is 28.7 Å². The van der Waals surface area contributed by atoms with Crippen LogP contribution in [0.2, 0.25) is 0 Å². The molecule has 0 unspecified atom stereocenters. The lowest BCUT2D eigenvalue weighted by molar-refractivity contribution is -0.145. The Hall–Kier alpha value is -4.57. The number of methoxy groups -OCH3 is 5. The molecule has 0 aromatic heterocycles. The highest BCUT2D eigenvalue weighted by atomic mass is 16.5. The molecule has 0 bridgehead atoms. The molecule has 0 heterocycles. The number of fused-ring (bicyclic) bond motifs is 1. The predicted octanol–water partition coefficient (Wildman–Crippen LogP) is 3.70. The molecule has 0 saturated heterocycles. The second-order valence-corrected chi connectivity index (χ2v) is 7.91. The maximum absolute atomic E-state index is 13.1. The quantitative estimate of drug-likeness (QED) is 0.182. The van der Waals surface area contributed by atoms with Gasteiger partial charge in [0.1, 0.15) is 23.2 Å². The molecule has 10 nitrogen and oxygen atoms in total. The fraction of sp³-hybridized carbons (Fsp3) is 0.250. The monoisotopic (exact) mass is 524 g/mol. The summed E-state index contributed by atoms with van der Waals surface area (Å²) in [5.74, 6) is -2.40. The van der Waals surface area contributed by atoms with Crippen molar-refractivity contribution in [3.63, 3.8) is 0 Å². The van der Waals surface area contributed by atoms with Gasteiger partial charge >= 0.3 is 17.9 Å². The van der Waals surface area contributed by atoms with E-state index in [1.807, 2.05) is 0 Å². The topological polar surface area (TPSA) is 127 Å². The summed E-state index contributed by atoms with van der Waals surface area (Å²) >= 11 is 0. The second kappa shape index (κ2) is 12.6. The Bertz CT molecular complexity index is 1340. The van der Waals surface area contributed by atoms with Crippen molar-refractivity contribution in [2.45, 2.75) is 12.0 Å². The van der Waals surface area contributed by atoms with Crippen molar-refractivity contribution in [1.82, 2.24) is 0 Å². The van der Waals surface area contributed by atoms with Crippen LogP contribution in [-0.2, 0) is 23.8 Å². The minimum Gasteiger partial charge on any atom is -0.497 e. The van der Waals surface area contributed by atoms with Crippen LogP contribution in [0.5, 0.6) is 17.2 Å². The van der Waals surface area contributed by atoms with Crippen LogP contribution < -0.4 is 14.2 Å². The van der Waals surface area contributed by atoms with E-state index < -0.39 is 29.9 Å². The van der Waals surface area contributed by atoms with Crippen LogP contribution in [0.4, 0.5) is 0 Å². The van der Waals surface area contributed by atoms with Gasteiger partial charge in [0.25, 0.3) is 0 Å². The van der Waals surface area contributed by atoms with E-state index in [-0.39, 0.29) is 16.9 Å². The van der Waals surface area contributed by atoms with Gasteiger partial charge in [-0.1, -0.05) is 12.1 Å². The molecule has 0 aliphatic rings. The molecule has 3 aromatic rings. The highest BCUT2D eigenvalue weighted by molar-refractivity contribution is 6.08. The van der Waals surface area contributed by atoms with Crippen LogP contribution in [0.1, 0.15) is 33.5 Å². The van der Waals surface area contributed by atoms with Crippen LogP contribution in [0.15, 0.2) is 60.9 Å². The smallest absolute Gasteiger partial charge is 0.338 e. The Kier molecular flexibility index (Phi) is 9.28. The highest BCUT2D eigenvalue weighted by Gasteiger charge is 2.35. The molecule has 200 valence electrons. The van der Waals surface area contributed by atoms with Crippen molar-refractivity contribution in [3.8, 4) is 17.2 Å². The molecule has 3 rings (SSSR count). The fourth-order valence-electron chi connectivity index (χ4n) is 3.94. The first-order valence-corrected chi connectivity index (χ1v) is 11.3. The minimum absolute atomic E-state index is 0.0940. The van der Waals surface area contributed by atoms with Gasteiger partial charge in [-0.3, -0.25) is 4.79 Å². The van der Waals surface area contributed by atoms with E-state index in [1.54, 1.807) is 42.5 Å². The Morgan fingerprint density at radius 2 is 1.45 bits per heavy atom. The van der Waals surface area contributed by atoms with Crippen molar-refractivity contribution in [1.29, 1.82) is 0 Å². The van der Waals surface area contributed by atoms with Gasteiger partial charge in [-0.25, -0.2) is 9.59 Å². The average molecular weight is 525 g/mol. The normalized spacial score (nSPS) is 12.5. The molecule has 0 amide bonds. The predicted molar refractivity (Wildman–Crippen MR) is 136 cm³/mol. The number of carbonyl (C=O) groups excluding carboxylic acids is 3. The number of aliphatic hydroxyl groups is 1. The third-order valence-electron chi connectivity index (χ3n) is 5.88. The summed E-state index contributed by atoms with van der Waals surface area (Å²) in [4.78, 5) is 37.6. The van der Waals surface area contributed by atoms with Crippen LogP contribution in [0, 0.1) is 0 Å². The van der Waals surface area contributed by atoms with E-state index in [0.717, 1.165) is 12.3 Å². The number of rotatable bonds is 10. The van der Waals surface area contributed by atoms with E-state index in [4.69, 9.17) is 23.7 Å². The fourth-order valence-corrected chi connectivity index (χ4v) is 3.94. The molecule has 38 heavy (non-hydrogen) atoms. The SMILES string of the molecule is COC(=O)/C=C/Oc1c([C@@H](C(=O)OC)[C@@H](O)c2ccc(OC)cc2)cc(C(=O)OC)c2cc(OC)ccc12. The summed E-state index contributed by atoms with van der Waals surface area (Å²) in [5, 5.41) is 12.2. The van der Waals surface area contributed by atoms with Crippen LogP contribution in [0.25, 0.3) is 10.8 Å². The molecular formula is C28H28O10. The molecule has 0 saturated carbocycles. The Morgan fingerprint density at radius 1 is 0.789 bits per heavy atom. The largest absolute Gasteiger partial charge is 0.497 e. The van der Waals surface area contributed by atoms with E-state index in [2.05, 4.69) is 4.74 Å². The Labute approximate surface area is 219 Å². The number of aliphatic hydroxyl groups excluding tert-OH is 1. The standard InChI is InChI=1S/C28H28O10/c1-33-17-8-6-16(7-9-17)25(30)24(28(32)37-5)22-15-21(27(31)36-4)20-14-18(34-2)10-11-19(20)26(22)38-13-12-23(29)35-3/h6-15,24-25,30H,1-5H3/b13-12+/t24-,25+/m1/s1. The lowest BCUT2D eigenvalue weighted by atomic mass is 9.85. The number of esters is 3. The lowest BCUT2D eigenvalue weighted by Gasteiger charge is -2.25. The van der Waals surface area contributed by atoms with Gasteiger partial charge in [-0.15, -0.1) is 0 Å². The number of ether oxygens (including phenoxy) is 6. The van der Waals surface area contributed by atoms with Gasteiger partial charge in [0, 0.05) is 16.3 Å². The lowest BCUT2D eigenvalue weighted by Crippen LogP contribution is -2.23. The van der Waals surface area contributed by atoms with Crippen molar-refractivity contribution in [3.05, 3.63) is 77.6 Å². The molecule has 0 radical (unpaired) electrons. The Balaban J connectivity index is 2.34. The first-order chi connectivity index (χ1) is 18.3. The van der Waals surface area contributed by atoms with Crippen molar-refractivity contribution in [2.75, 3.05) is 35.5 Å². The number of hydrogen-bond acceptors (Lipinski definition) is 10. The van der Waals surface area contributed by atoms with Crippen LogP contribution >= 0.6 is 0 Å². The van der Waals surface area contributed by atoms with Crippen LogP contribution in [-0.4, -0.2) is 58.6 Å². The molecular weight excluding hydrogens is 496 g/mol. The summed E-state index contributed by atoms with van der Waals surface area (Å²) in [6.45, 7) is 0. The summed E-state index contributed by atoms with van der Waals surface area (Å²) < 4.78 is 31.0. The summed E-state index contributed by atoms with van der Waals surface area (Å²) in [6, 6.07) is 12.7. The zero-order valence-electron chi connectivity index (χ0n) is 21.5. The molecule has 2 atom stereocenters. The summed E-state index contributed by atoms with van der Waals surface area (Å²) in [6.07, 6.45) is 0.710. The molecule has 3 aromatic carbocycles. The maximum atomic E-state index is 13.1. The molecule has 0 aliphatic carbocycles. The molecule has 0 spiro atoms. The summed E-state index contributed by atoms with van der Waals surface area (Å²) in [7, 11) is 6.60. The van der Waals surface area contributed by atoms with Crippen molar-refractivity contribution < 1.29 is 47.9 Å². The minimum atomic E-state index is -1.42.